The number of hydrogen-bond donors (Lipinski definition) is 0. The number of nitrogens with zero attached hydrogens (tertiary/aromatic N) is 1. The molecule has 0 aliphatic carbocycles. The van der Waals surface area contributed by atoms with Crippen LogP contribution in [0.5, 0.6) is 0 Å². The Morgan fingerprint density at radius 3 is 2.40 bits per heavy atom. The van der Waals surface area contributed by atoms with Crippen LogP contribution in [0.2, 0.25) is 0 Å². The maximum Gasteiger partial charge on any atom is 0.102 e. The lowest BCUT2D eigenvalue weighted by atomic mass is 9.89. The first-order valence-corrected chi connectivity index (χ1v) is 5.73. The number of rotatable bonds is 3. The first kappa shape index (κ1) is 10.6. The molecule has 0 saturated carbocycles. The van der Waals surface area contributed by atoms with Crippen molar-refractivity contribution in [1.29, 1.82) is 0 Å². The summed E-state index contributed by atoms with van der Waals surface area (Å²) in [5, 5.41) is 0. The summed E-state index contributed by atoms with van der Waals surface area (Å²) in [7, 11) is 0. The third kappa shape index (κ3) is 2.78. The van der Waals surface area contributed by atoms with Gasteiger partial charge in [-0.25, -0.2) is 4.39 Å². The molecule has 2 heteroatoms. The standard InChI is InChI=1S/C13H18FN/c14-8-11-15-9-6-13(7-10-15)12-4-2-1-3-5-12/h1-5,13H,6-11H2. The van der Waals surface area contributed by atoms with Crippen molar-refractivity contribution in [2.75, 3.05) is 26.3 Å². The normalized spacial score (nSPS) is 19.3. The highest BCUT2D eigenvalue weighted by molar-refractivity contribution is 5.19. The van der Waals surface area contributed by atoms with Crippen molar-refractivity contribution in [3.05, 3.63) is 35.9 Å². The number of alkyl halides is 1. The molecule has 1 saturated heterocycles. The fourth-order valence-corrected chi connectivity index (χ4v) is 2.33. The summed E-state index contributed by atoms with van der Waals surface area (Å²) in [6.45, 7) is 2.49. The molecule has 1 aromatic rings. The van der Waals surface area contributed by atoms with Crippen LogP contribution >= 0.6 is 0 Å². The van der Waals surface area contributed by atoms with Gasteiger partial charge in [-0.2, -0.15) is 0 Å². The van der Waals surface area contributed by atoms with Gasteiger partial charge in [0.15, 0.2) is 0 Å². The van der Waals surface area contributed by atoms with Crippen LogP contribution in [0.25, 0.3) is 0 Å². The number of likely N-dealkylation sites (tertiary alicyclic amines) is 1. The average Bonchev–Trinajstić information content (AvgIpc) is 2.32. The van der Waals surface area contributed by atoms with E-state index >= 15 is 0 Å². The Morgan fingerprint density at radius 1 is 1.13 bits per heavy atom. The van der Waals surface area contributed by atoms with E-state index in [1.807, 2.05) is 0 Å². The zero-order valence-electron chi connectivity index (χ0n) is 9.03. The molecule has 1 aliphatic heterocycles. The molecule has 2 rings (SSSR count). The van der Waals surface area contributed by atoms with Crippen LogP contribution in [0, 0.1) is 0 Å². The summed E-state index contributed by atoms with van der Waals surface area (Å²) in [6, 6.07) is 10.7. The van der Waals surface area contributed by atoms with Gasteiger partial charge in [0, 0.05) is 6.54 Å². The Hall–Kier alpha value is -0.890. The minimum absolute atomic E-state index is 0.212. The molecule has 0 N–H and O–H groups in total. The van der Waals surface area contributed by atoms with Crippen LogP contribution < -0.4 is 0 Å². The Morgan fingerprint density at radius 2 is 1.80 bits per heavy atom. The lowest BCUT2D eigenvalue weighted by Gasteiger charge is -2.31. The molecule has 0 atom stereocenters. The van der Waals surface area contributed by atoms with Gasteiger partial charge in [-0.3, -0.25) is 0 Å². The molecule has 0 radical (unpaired) electrons. The second-order valence-electron chi connectivity index (χ2n) is 4.22. The molecule has 1 heterocycles. The molecule has 1 nitrogen and oxygen atoms in total. The summed E-state index contributed by atoms with van der Waals surface area (Å²) >= 11 is 0. The second-order valence-corrected chi connectivity index (χ2v) is 4.22. The molecule has 1 fully saturated rings. The average molecular weight is 207 g/mol. The van der Waals surface area contributed by atoms with Gasteiger partial charge in [-0.1, -0.05) is 30.3 Å². The van der Waals surface area contributed by atoms with Crippen molar-refractivity contribution in [3.8, 4) is 0 Å². The number of hydrogen-bond acceptors (Lipinski definition) is 1. The smallest absolute Gasteiger partial charge is 0.102 e. The predicted octanol–water partition coefficient (Wildman–Crippen LogP) is 2.84. The van der Waals surface area contributed by atoms with E-state index in [2.05, 4.69) is 35.2 Å². The molecular formula is C13H18FN. The highest BCUT2D eigenvalue weighted by Crippen LogP contribution is 2.27. The SMILES string of the molecule is FCCN1CCC(c2ccccc2)CC1. The predicted molar refractivity (Wildman–Crippen MR) is 60.8 cm³/mol. The van der Waals surface area contributed by atoms with E-state index in [0.717, 1.165) is 13.1 Å². The first-order valence-electron chi connectivity index (χ1n) is 5.73. The van der Waals surface area contributed by atoms with Crippen LogP contribution in [-0.4, -0.2) is 31.2 Å². The van der Waals surface area contributed by atoms with E-state index < -0.39 is 0 Å². The number of piperidine rings is 1. The van der Waals surface area contributed by atoms with Crippen molar-refractivity contribution in [1.82, 2.24) is 4.90 Å². The monoisotopic (exact) mass is 207 g/mol. The maximum absolute atomic E-state index is 12.2. The molecule has 0 aromatic heterocycles. The minimum atomic E-state index is -0.212. The Labute approximate surface area is 90.9 Å². The zero-order chi connectivity index (χ0) is 10.5. The third-order valence-electron chi connectivity index (χ3n) is 3.26. The van der Waals surface area contributed by atoms with E-state index in [4.69, 9.17) is 0 Å². The van der Waals surface area contributed by atoms with Gasteiger partial charge in [0.25, 0.3) is 0 Å². The first-order chi connectivity index (χ1) is 7.40. The molecular weight excluding hydrogens is 189 g/mol. The number of benzene rings is 1. The summed E-state index contributed by atoms with van der Waals surface area (Å²) in [4.78, 5) is 2.22. The van der Waals surface area contributed by atoms with Crippen molar-refractivity contribution < 1.29 is 4.39 Å². The van der Waals surface area contributed by atoms with Crippen LogP contribution in [0.3, 0.4) is 0 Å². The third-order valence-corrected chi connectivity index (χ3v) is 3.26. The Bertz CT molecular complexity index is 278. The molecule has 1 aromatic carbocycles. The zero-order valence-corrected chi connectivity index (χ0v) is 9.03. The number of halogens is 1. The lowest BCUT2D eigenvalue weighted by Crippen LogP contribution is -2.34. The van der Waals surface area contributed by atoms with Crippen molar-refractivity contribution in [2.45, 2.75) is 18.8 Å². The van der Waals surface area contributed by atoms with Crippen LogP contribution in [0.1, 0.15) is 24.3 Å². The van der Waals surface area contributed by atoms with Crippen LogP contribution in [0.4, 0.5) is 4.39 Å². The highest BCUT2D eigenvalue weighted by Gasteiger charge is 2.19. The molecule has 15 heavy (non-hydrogen) atoms. The van der Waals surface area contributed by atoms with Gasteiger partial charge >= 0.3 is 0 Å². The van der Waals surface area contributed by atoms with Gasteiger partial charge < -0.3 is 4.90 Å². The lowest BCUT2D eigenvalue weighted by molar-refractivity contribution is 0.197. The quantitative estimate of drug-likeness (QED) is 0.736. The van der Waals surface area contributed by atoms with Crippen LogP contribution in [0.15, 0.2) is 30.3 Å². The van der Waals surface area contributed by atoms with E-state index in [1.54, 1.807) is 0 Å². The highest BCUT2D eigenvalue weighted by atomic mass is 19.1. The minimum Gasteiger partial charge on any atom is -0.301 e. The molecule has 82 valence electrons. The van der Waals surface area contributed by atoms with Gasteiger partial charge in [0.2, 0.25) is 0 Å². The second kappa shape index (κ2) is 5.26. The van der Waals surface area contributed by atoms with Gasteiger partial charge in [-0.05, 0) is 37.4 Å². The fourth-order valence-electron chi connectivity index (χ4n) is 2.33. The summed E-state index contributed by atoms with van der Waals surface area (Å²) in [5.41, 5.74) is 1.44. The molecule has 0 amide bonds. The van der Waals surface area contributed by atoms with E-state index in [0.29, 0.717) is 12.5 Å². The molecule has 1 aliphatic rings. The van der Waals surface area contributed by atoms with E-state index in [9.17, 15) is 4.39 Å². The van der Waals surface area contributed by atoms with Crippen molar-refractivity contribution >= 4 is 0 Å². The molecule has 0 unspecified atom stereocenters. The largest absolute Gasteiger partial charge is 0.301 e. The molecule has 0 bridgehead atoms. The fraction of sp³-hybridized carbons (Fsp3) is 0.538. The van der Waals surface area contributed by atoms with E-state index in [-0.39, 0.29) is 6.67 Å². The van der Waals surface area contributed by atoms with E-state index in [1.165, 1.54) is 18.4 Å². The van der Waals surface area contributed by atoms with Crippen molar-refractivity contribution in [2.24, 2.45) is 0 Å². The van der Waals surface area contributed by atoms with Gasteiger partial charge in [-0.15, -0.1) is 0 Å². The Kier molecular flexibility index (Phi) is 3.73. The summed E-state index contributed by atoms with van der Waals surface area (Å²) in [5.74, 6) is 0.682. The Balaban J connectivity index is 1.88. The maximum atomic E-state index is 12.2. The topological polar surface area (TPSA) is 3.24 Å². The van der Waals surface area contributed by atoms with Crippen LogP contribution in [-0.2, 0) is 0 Å². The van der Waals surface area contributed by atoms with Gasteiger partial charge in [0.1, 0.15) is 6.67 Å². The van der Waals surface area contributed by atoms with Crippen molar-refractivity contribution in [3.63, 3.8) is 0 Å². The molecule has 0 spiro atoms. The van der Waals surface area contributed by atoms with Gasteiger partial charge in [0.05, 0.1) is 0 Å². The summed E-state index contributed by atoms with van der Waals surface area (Å²) < 4.78 is 12.2. The summed E-state index contributed by atoms with van der Waals surface area (Å²) in [6.07, 6.45) is 2.34.